The molecule has 0 rings (SSSR count). The number of carbonyl (C=O) groups is 1. The lowest BCUT2D eigenvalue weighted by Gasteiger charge is -2.16. The van der Waals surface area contributed by atoms with Gasteiger partial charge in [-0.2, -0.15) is 0 Å². The van der Waals surface area contributed by atoms with E-state index in [9.17, 15) is 4.79 Å². The molecule has 0 aliphatic heterocycles. The van der Waals surface area contributed by atoms with Crippen LogP contribution in [0.25, 0.3) is 0 Å². The molecule has 13 heavy (non-hydrogen) atoms. The second kappa shape index (κ2) is 7.15. The molecular weight excluding hydrogens is 190 g/mol. The van der Waals surface area contributed by atoms with Crippen molar-refractivity contribution in [3.63, 3.8) is 0 Å². The zero-order valence-corrected chi connectivity index (χ0v) is 9.30. The molecule has 0 aromatic carbocycles. The van der Waals surface area contributed by atoms with Crippen molar-refractivity contribution in [2.24, 2.45) is 17.6 Å². The highest BCUT2D eigenvalue weighted by Crippen LogP contribution is 2.16. The lowest BCUT2D eigenvalue weighted by atomic mass is 9.92. The van der Waals surface area contributed by atoms with Crippen molar-refractivity contribution in [1.82, 2.24) is 0 Å². The van der Waals surface area contributed by atoms with Gasteiger partial charge in [0.05, 0.1) is 0 Å². The number of rotatable bonds is 5. The van der Waals surface area contributed by atoms with E-state index in [2.05, 4.69) is 20.8 Å². The minimum absolute atomic E-state index is 0. The third-order valence-electron chi connectivity index (χ3n) is 2.39. The van der Waals surface area contributed by atoms with Crippen LogP contribution in [0.2, 0.25) is 0 Å². The lowest BCUT2D eigenvalue weighted by molar-refractivity contribution is -0.138. The summed E-state index contributed by atoms with van der Waals surface area (Å²) < 4.78 is 0. The van der Waals surface area contributed by atoms with E-state index in [4.69, 9.17) is 10.8 Å². The Balaban J connectivity index is 0. The molecule has 0 heterocycles. The van der Waals surface area contributed by atoms with Crippen LogP contribution in [0.5, 0.6) is 0 Å². The fourth-order valence-corrected chi connectivity index (χ4v) is 0.899. The largest absolute Gasteiger partial charge is 0.480 e. The third kappa shape index (κ3) is 6.84. The number of hydrogen-bond donors (Lipinski definition) is 2. The standard InChI is InChI=1S/C9H19NO2.ClH/c1-6(2)7(3)4-5-8(10)9(11)12;/h6-8H,4-5,10H2,1-3H3,(H,11,12);1H/t7-,8-;/m0./s1. The van der Waals surface area contributed by atoms with Crippen molar-refractivity contribution in [1.29, 1.82) is 0 Å². The Hall–Kier alpha value is -0.280. The summed E-state index contributed by atoms with van der Waals surface area (Å²) in [6.45, 7) is 6.40. The summed E-state index contributed by atoms with van der Waals surface area (Å²) in [5.41, 5.74) is 5.37. The van der Waals surface area contributed by atoms with Crippen LogP contribution in [0, 0.1) is 11.8 Å². The normalized spacial score (nSPS) is 14.8. The Bertz CT molecular complexity index is 151. The summed E-state index contributed by atoms with van der Waals surface area (Å²) in [7, 11) is 0. The van der Waals surface area contributed by atoms with E-state index < -0.39 is 12.0 Å². The number of aliphatic carboxylic acids is 1. The van der Waals surface area contributed by atoms with Gasteiger partial charge in [-0.05, 0) is 24.7 Å². The summed E-state index contributed by atoms with van der Waals surface area (Å²) in [5, 5.41) is 8.51. The molecule has 0 fully saturated rings. The first kappa shape index (κ1) is 15.2. The van der Waals surface area contributed by atoms with Gasteiger partial charge in [0.25, 0.3) is 0 Å². The zero-order chi connectivity index (χ0) is 9.72. The second-order valence-corrected chi connectivity index (χ2v) is 3.74. The van der Waals surface area contributed by atoms with Crippen molar-refractivity contribution in [2.45, 2.75) is 39.7 Å². The lowest BCUT2D eigenvalue weighted by Crippen LogP contribution is -2.30. The van der Waals surface area contributed by atoms with Gasteiger partial charge in [-0.3, -0.25) is 4.79 Å². The van der Waals surface area contributed by atoms with Gasteiger partial charge < -0.3 is 10.8 Å². The average Bonchev–Trinajstić information content (AvgIpc) is 1.98. The van der Waals surface area contributed by atoms with Gasteiger partial charge in [0, 0.05) is 0 Å². The minimum Gasteiger partial charge on any atom is -0.480 e. The predicted molar refractivity (Wildman–Crippen MR) is 56.1 cm³/mol. The number of nitrogens with two attached hydrogens (primary N) is 1. The van der Waals surface area contributed by atoms with Gasteiger partial charge in [0.15, 0.2) is 0 Å². The summed E-state index contributed by atoms with van der Waals surface area (Å²) in [4.78, 5) is 10.4. The highest BCUT2D eigenvalue weighted by molar-refractivity contribution is 5.85. The highest BCUT2D eigenvalue weighted by Gasteiger charge is 2.14. The molecule has 0 radical (unpaired) electrons. The molecule has 3 N–H and O–H groups in total. The molecule has 0 amide bonds. The zero-order valence-electron chi connectivity index (χ0n) is 8.49. The maximum absolute atomic E-state index is 10.4. The van der Waals surface area contributed by atoms with Gasteiger partial charge in [0.2, 0.25) is 0 Å². The molecule has 0 saturated carbocycles. The molecular formula is C9H20ClNO2. The Morgan fingerprint density at radius 3 is 2.08 bits per heavy atom. The molecule has 0 aromatic heterocycles. The van der Waals surface area contributed by atoms with Crippen LogP contribution in [-0.2, 0) is 4.79 Å². The Morgan fingerprint density at radius 1 is 1.31 bits per heavy atom. The molecule has 0 unspecified atom stereocenters. The van der Waals surface area contributed by atoms with E-state index in [0.717, 1.165) is 6.42 Å². The first-order valence-corrected chi connectivity index (χ1v) is 4.43. The van der Waals surface area contributed by atoms with E-state index >= 15 is 0 Å². The van der Waals surface area contributed by atoms with Crippen molar-refractivity contribution in [3.05, 3.63) is 0 Å². The molecule has 0 aliphatic carbocycles. The molecule has 4 heteroatoms. The molecule has 0 aromatic rings. The van der Waals surface area contributed by atoms with E-state index in [-0.39, 0.29) is 12.4 Å². The van der Waals surface area contributed by atoms with Crippen LogP contribution in [0.15, 0.2) is 0 Å². The van der Waals surface area contributed by atoms with Crippen LogP contribution in [0.4, 0.5) is 0 Å². The van der Waals surface area contributed by atoms with Crippen LogP contribution in [0.1, 0.15) is 33.6 Å². The van der Waals surface area contributed by atoms with Crippen LogP contribution in [-0.4, -0.2) is 17.1 Å². The minimum atomic E-state index is -0.897. The first-order valence-electron chi connectivity index (χ1n) is 4.43. The number of halogens is 1. The average molecular weight is 210 g/mol. The fourth-order valence-electron chi connectivity index (χ4n) is 0.899. The van der Waals surface area contributed by atoms with E-state index in [0.29, 0.717) is 18.3 Å². The molecule has 2 atom stereocenters. The smallest absolute Gasteiger partial charge is 0.320 e. The molecule has 80 valence electrons. The van der Waals surface area contributed by atoms with Crippen LogP contribution in [0.3, 0.4) is 0 Å². The molecule has 0 saturated heterocycles. The molecule has 3 nitrogen and oxygen atoms in total. The maximum Gasteiger partial charge on any atom is 0.320 e. The number of hydrogen-bond acceptors (Lipinski definition) is 2. The molecule has 0 aliphatic rings. The van der Waals surface area contributed by atoms with Crippen molar-refractivity contribution in [3.8, 4) is 0 Å². The van der Waals surface area contributed by atoms with E-state index in [1.165, 1.54) is 0 Å². The Labute approximate surface area is 86.1 Å². The van der Waals surface area contributed by atoms with Crippen molar-refractivity contribution < 1.29 is 9.90 Å². The van der Waals surface area contributed by atoms with E-state index in [1.807, 2.05) is 0 Å². The monoisotopic (exact) mass is 209 g/mol. The van der Waals surface area contributed by atoms with Crippen LogP contribution < -0.4 is 5.73 Å². The third-order valence-corrected chi connectivity index (χ3v) is 2.39. The predicted octanol–water partition coefficient (Wildman–Crippen LogP) is 1.89. The summed E-state index contributed by atoms with van der Waals surface area (Å²) in [5.74, 6) is 0.257. The van der Waals surface area contributed by atoms with Gasteiger partial charge in [0.1, 0.15) is 6.04 Å². The van der Waals surface area contributed by atoms with Crippen LogP contribution >= 0.6 is 12.4 Å². The molecule has 0 bridgehead atoms. The quantitative estimate of drug-likeness (QED) is 0.727. The Morgan fingerprint density at radius 2 is 1.77 bits per heavy atom. The summed E-state index contributed by atoms with van der Waals surface area (Å²) in [6.07, 6.45) is 1.47. The van der Waals surface area contributed by atoms with Gasteiger partial charge in [-0.1, -0.05) is 20.8 Å². The fraction of sp³-hybridized carbons (Fsp3) is 0.889. The van der Waals surface area contributed by atoms with Crippen molar-refractivity contribution >= 4 is 18.4 Å². The maximum atomic E-state index is 10.4. The Kier molecular flexibility index (Phi) is 8.37. The van der Waals surface area contributed by atoms with Gasteiger partial charge in [-0.15, -0.1) is 12.4 Å². The SMILES string of the molecule is CC(C)[C@@H](C)CC[C@H](N)C(=O)O.Cl. The second-order valence-electron chi connectivity index (χ2n) is 3.74. The topological polar surface area (TPSA) is 63.3 Å². The van der Waals surface area contributed by atoms with Crippen molar-refractivity contribution in [2.75, 3.05) is 0 Å². The number of carboxylic acid groups (broad SMARTS) is 1. The van der Waals surface area contributed by atoms with E-state index in [1.54, 1.807) is 0 Å². The molecule has 0 spiro atoms. The highest BCUT2D eigenvalue weighted by atomic mass is 35.5. The summed E-state index contributed by atoms with van der Waals surface area (Å²) in [6, 6.07) is -0.689. The summed E-state index contributed by atoms with van der Waals surface area (Å²) >= 11 is 0. The number of carboxylic acids is 1. The van der Waals surface area contributed by atoms with Gasteiger partial charge >= 0.3 is 5.97 Å². The first-order chi connectivity index (χ1) is 5.45. The van der Waals surface area contributed by atoms with Gasteiger partial charge in [-0.25, -0.2) is 0 Å².